The molecule has 1 aromatic carbocycles. The maximum absolute atomic E-state index is 12.7. The van der Waals surface area contributed by atoms with Crippen LogP contribution >= 0.6 is 11.6 Å². The van der Waals surface area contributed by atoms with Crippen LogP contribution in [0, 0.1) is 12.7 Å². The molecule has 84 valence electrons. The van der Waals surface area contributed by atoms with Gasteiger partial charge in [-0.25, -0.2) is 9.07 Å². The lowest BCUT2D eigenvalue weighted by molar-refractivity contribution is 0.624. The fourth-order valence-corrected chi connectivity index (χ4v) is 1.60. The van der Waals surface area contributed by atoms with E-state index in [9.17, 15) is 4.39 Å². The molecule has 0 amide bonds. The van der Waals surface area contributed by atoms with Crippen LogP contribution in [0.25, 0.3) is 0 Å². The van der Waals surface area contributed by atoms with Crippen LogP contribution in [0.5, 0.6) is 0 Å². The summed E-state index contributed by atoms with van der Waals surface area (Å²) in [5.74, 6) is 0.176. The van der Waals surface area contributed by atoms with E-state index >= 15 is 0 Å². The Morgan fingerprint density at radius 3 is 2.50 bits per heavy atom. The Hall–Kier alpha value is -1.55. The Kier molecular flexibility index (Phi) is 2.83. The number of benzene rings is 1. The minimum absolute atomic E-state index is 0.258. The van der Waals surface area contributed by atoms with Gasteiger partial charge in [-0.2, -0.15) is 5.10 Å². The van der Waals surface area contributed by atoms with Gasteiger partial charge in [0.25, 0.3) is 0 Å². The fraction of sp³-hybridized carbons (Fsp3) is 0.182. The minimum atomic E-state index is -0.258. The van der Waals surface area contributed by atoms with Gasteiger partial charge in [0.2, 0.25) is 0 Å². The molecular formula is C11H11ClFN3. The van der Waals surface area contributed by atoms with E-state index in [-0.39, 0.29) is 5.82 Å². The molecule has 0 fully saturated rings. The van der Waals surface area contributed by atoms with Crippen molar-refractivity contribution in [2.45, 2.75) is 13.5 Å². The van der Waals surface area contributed by atoms with E-state index in [0.29, 0.717) is 23.1 Å². The normalized spacial score (nSPS) is 10.7. The Labute approximate surface area is 97.6 Å². The van der Waals surface area contributed by atoms with Gasteiger partial charge in [-0.1, -0.05) is 23.7 Å². The number of aromatic nitrogens is 2. The lowest BCUT2D eigenvalue weighted by atomic mass is 10.2. The zero-order chi connectivity index (χ0) is 11.7. The molecule has 0 radical (unpaired) electrons. The SMILES string of the molecule is Cc1nn(Cc2ccc(F)cc2)c(N)c1Cl. The van der Waals surface area contributed by atoms with Gasteiger partial charge in [-0.15, -0.1) is 0 Å². The van der Waals surface area contributed by atoms with Crippen molar-refractivity contribution in [3.05, 3.63) is 46.4 Å². The molecule has 2 aromatic rings. The van der Waals surface area contributed by atoms with Gasteiger partial charge >= 0.3 is 0 Å². The number of halogens is 2. The van der Waals surface area contributed by atoms with E-state index in [2.05, 4.69) is 5.10 Å². The summed E-state index contributed by atoms with van der Waals surface area (Å²) in [6.45, 7) is 2.28. The predicted octanol–water partition coefficient (Wildman–Crippen LogP) is 2.61. The molecule has 0 saturated heterocycles. The van der Waals surface area contributed by atoms with Crippen molar-refractivity contribution in [2.75, 3.05) is 5.73 Å². The molecule has 2 rings (SSSR count). The standard InChI is InChI=1S/C11H11ClFN3/c1-7-10(12)11(14)16(15-7)6-8-2-4-9(13)5-3-8/h2-5H,6,14H2,1H3. The number of hydrogen-bond donors (Lipinski definition) is 1. The van der Waals surface area contributed by atoms with E-state index in [1.807, 2.05) is 0 Å². The number of anilines is 1. The zero-order valence-electron chi connectivity index (χ0n) is 8.74. The molecule has 1 heterocycles. The molecule has 16 heavy (non-hydrogen) atoms. The van der Waals surface area contributed by atoms with Crippen LogP contribution in [0.2, 0.25) is 5.02 Å². The first-order chi connectivity index (χ1) is 7.58. The van der Waals surface area contributed by atoms with Gasteiger partial charge in [0.1, 0.15) is 16.7 Å². The molecule has 0 aliphatic heterocycles. The number of nitrogens with zero attached hydrogens (tertiary/aromatic N) is 2. The van der Waals surface area contributed by atoms with Gasteiger partial charge in [0, 0.05) is 0 Å². The van der Waals surface area contributed by atoms with Crippen LogP contribution in [0.4, 0.5) is 10.2 Å². The Morgan fingerprint density at radius 1 is 1.38 bits per heavy atom. The van der Waals surface area contributed by atoms with Crippen molar-refractivity contribution in [3.8, 4) is 0 Å². The number of rotatable bonds is 2. The van der Waals surface area contributed by atoms with Crippen LogP contribution in [0.3, 0.4) is 0 Å². The van der Waals surface area contributed by atoms with Crippen molar-refractivity contribution in [1.82, 2.24) is 9.78 Å². The molecule has 5 heteroatoms. The molecule has 0 bridgehead atoms. The first-order valence-electron chi connectivity index (χ1n) is 4.81. The molecule has 0 unspecified atom stereocenters. The van der Waals surface area contributed by atoms with E-state index in [0.717, 1.165) is 5.56 Å². The number of aryl methyl sites for hydroxylation is 1. The summed E-state index contributed by atoms with van der Waals surface area (Å²) in [5.41, 5.74) is 7.39. The predicted molar refractivity (Wildman–Crippen MR) is 61.9 cm³/mol. The zero-order valence-corrected chi connectivity index (χ0v) is 9.50. The van der Waals surface area contributed by atoms with Crippen molar-refractivity contribution < 1.29 is 4.39 Å². The number of hydrogen-bond acceptors (Lipinski definition) is 2. The second-order valence-electron chi connectivity index (χ2n) is 3.57. The summed E-state index contributed by atoms with van der Waals surface area (Å²) in [4.78, 5) is 0. The highest BCUT2D eigenvalue weighted by Gasteiger charge is 2.09. The highest BCUT2D eigenvalue weighted by atomic mass is 35.5. The summed E-state index contributed by atoms with van der Waals surface area (Å²) >= 11 is 5.92. The van der Waals surface area contributed by atoms with Crippen molar-refractivity contribution in [2.24, 2.45) is 0 Å². The molecule has 0 spiro atoms. The van der Waals surface area contributed by atoms with Crippen LogP contribution in [0.15, 0.2) is 24.3 Å². The Morgan fingerprint density at radius 2 is 2.00 bits per heavy atom. The average molecular weight is 240 g/mol. The Balaban J connectivity index is 2.27. The van der Waals surface area contributed by atoms with Gasteiger partial charge in [0.15, 0.2) is 0 Å². The molecule has 2 N–H and O–H groups in total. The quantitative estimate of drug-likeness (QED) is 0.876. The van der Waals surface area contributed by atoms with Crippen LogP contribution in [-0.2, 0) is 6.54 Å². The summed E-state index contributed by atoms with van der Waals surface area (Å²) in [7, 11) is 0. The fourth-order valence-electron chi connectivity index (χ4n) is 1.46. The number of nitrogens with two attached hydrogens (primary N) is 1. The third kappa shape index (κ3) is 2.02. The van der Waals surface area contributed by atoms with E-state index in [1.54, 1.807) is 23.7 Å². The van der Waals surface area contributed by atoms with Crippen LogP contribution in [-0.4, -0.2) is 9.78 Å². The minimum Gasteiger partial charge on any atom is -0.383 e. The molecule has 0 atom stereocenters. The molecule has 3 nitrogen and oxygen atoms in total. The molecule has 0 aliphatic carbocycles. The summed E-state index contributed by atoms with van der Waals surface area (Å²) < 4.78 is 14.3. The number of nitrogen functional groups attached to an aromatic ring is 1. The smallest absolute Gasteiger partial charge is 0.141 e. The summed E-state index contributed by atoms with van der Waals surface area (Å²) in [5, 5.41) is 4.67. The van der Waals surface area contributed by atoms with Crippen LogP contribution in [0.1, 0.15) is 11.3 Å². The highest BCUT2D eigenvalue weighted by Crippen LogP contribution is 2.22. The topological polar surface area (TPSA) is 43.8 Å². The first kappa shape index (κ1) is 11.0. The second kappa shape index (κ2) is 4.14. The van der Waals surface area contributed by atoms with E-state index in [1.165, 1.54) is 12.1 Å². The Bertz CT molecular complexity index is 505. The van der Waals surface area contributed by atoms with E-state index in [4.69, 9.17) is 17.3 Å². The molecule has 0 aliphatic rings. The third-order valence-electron chi connectivity index (χ3n) is 2.34. The van der Waals surface area contributed by atoms with Crippen LogP contribution < -0.4 is 5.73 Å². The van der Waals surface area contributed by atoms with Crippen molar-refractivity contribution in [1.29, 1.82) is 0 Å². The lowest BCUT2D eigenvalue weighted by Crippen LogP contribution is -2.06. The van der Waals surface area contributed by atoms with E-state index < -0.39 is 0 Å². The third-order valence-corrected chi connectivity index (χ3v) is 2.80. The van der Waals surface area contributed by atoms with Crippen molar-refractivity contribution in [3.63, 3.8) is 0 Å². The van der Waals surface area contributed by atoms with Crippen molar-refractivity contribution >= 4 is 17.4 Å². The molecule has 0 saturated carbocycles. The largest absolute Gasteiger partial charge is 0.383 e. The van der Waals surface area contributed by atoms with Gasteiger partial charge in [-0.05, 0) is 24.6 Å². The maximum Gasteiger partial charge on any atom is 0.141 e. The molecular weight excluding hydrogens is 229 g/mol. The monoisotopic (exact) mass is 239 g/mol. The summed E-state index contributed by atoms with van der Waals surface area (Å²) in [6, 6.07) is 6.20. The summed E-state index contributed by atoms with van der Waals surface area (Å²) in [6.07, 6.45) is 0. The molecule has 1 aromatic heterocycles. The highest BCUT2D eigenvalue weighted by molar-refractivity contribution is 6.33. The second-order valence-corrected chi connectivity index (χ2v) is 3.95. The lowest BCUT2D eigenvalue weighted by Gasteiger charge is -2.04. The average Bonchev–Trinajstić information content (AvgIpc) is 2.50. The van der Waals surface area contributed by atoms with Gasteiger partial charge < -0.3 is 5.73 Å². The maximum atomic E-state index is 12.7. The van der Waals surface area contributed by atoms with Gasteiger partial charge in [0.05, 0.1) is 12.2 Å². The van der Waals surface area contributed by atoms with Gasteiger partial charge in [-0.3, -0.25) is 0 Å². The first-order valence-corrected chi connectivity index (χ1v) is 5.18.